The van der Waals surface area contributed by atoms with Crippen LogP contribution in [0.15, 0.2) is 17.4 Å². The molecule has 0 saturated heterocycles. The van der Waals surface area contributed by atoms with Crippen LogP contribution in [-0.4, -0.2) is 44.8 Å². The molecular weight excluding hydrogens is 307 g/mol. The summed E-state index contributed by atoms with van der Waals surface area (Å²) in [5, 5.41) is 9.28. The highest BCUT2D eigenvalue weighted by Crippen LogP contribution is 2.27. The molecule has 0 aliphatic heterocycles. The van der Waals surface area contributed by atoms with E-state index >= 15 is 0 Å². The molecule has 0 aliphatic rings. The minimum Gasteiger partial charge on any atom is -0.348 e. The molecule has 0 spiro atoms. The Bertz CT molecular complexity index is 628. The van der Waals surface area contributed by atoms with Gasteiger partial charge in [0.1, 0.15) is 0 Å². The molecule has 0 radical (unpaired) electrons. The van der Waals surface area contributed by atoms with Gasteiger partial charge >= 0.3 is 0 Å². The molecule has 0 N–H and O–H groups in total. The van der Waals surface area contributed by atoms with E-state index in [1.807, 2.05) is 6.92 Å². The number of hydrogen-bond acceptors (Lipinski definition) is 4. The van der Waals surface area contributed by atoms with Crippen molar-refractivity contribution in [1.29, 1.82) is 0 Å². The predicted molar refractivity (Wildman–Crippen MR) is 77.0 cm³/mol. The molecule has 0 aliphatic carbocycles. The number of aromatic nitrogens is 3. The lowest BCUT2D eigenvalue weighted by Gasteiger charge is -2.15. The van der Waals surface area contributed by atoms with Gasteiger partial charge < -0.3 is 4.90 Å². The second kappa shape index (κ2) is 5.56. The molecule has 19 heavy (non-hydrogen) atoms. The van der Waals surface area contributed by atoms with Crippen molar-refractivity contribution >= 4 is 46.5 Å². The van der Waals surface area contributed by atoms with Crippen molar-refractivity contribution in [3.8, 4) is 0 Å². The third-order valence-corrected chi connectivity index (χ3v) is 4.00. The van der Waals surface area contributed by atoms with Gasteiger partial charge in [-0.15, -0.1) is 10.2 Å². The molecule has 1 amide bonds. The Kier molecular flexibility index (Phi) is 4.23. The average Bonchev–Trinajstić information content (AvgIpc) is 2.71. The van der Waals surface area contributed by atoms with Crippen LogP contribution in [0.1, 0.15) is 6.92 Å². The fourth-order valence-corrected chi connectivity index (χ4v) is 3.03. The van der Waals surface area contributed by atoms with Gasteiger partial charge in [-0.3, -0.25) is 9.20 Å². The number of hydrogen-bond donors (Lipinski definition) is 0. The Morgan fingerprint density at radius 3 is 2.74 bits per heavy atom. The lowest BCUT2D eigenvalue weighted by Crippen LogP contribution is -2.29. The maximum absolute atomic E-state index is 11.8. The standard InChI is InChI=1S/C11H12Cl2N4OS/c1-6(10(18)16(2)3)19-11-15-14-9-8(13)4-7(12)5-17(9)11/h4-6H,1-3H3/t6-/m0/s1. The van der Waals surface area contributed by atoms with Gasteiger partial charge in [0.15, 0.2) is 10.8 Å². The zero-order valence-corrected chi connectivity index (χ0v) is 12.9. The summed E-state index contributed by atoms with van der Waals surface area (Å²) in [4.78, 5) is 13.4. The summed E-state index contributed by atoms with van der Waals surface area (Å²) < 4.78 is 1.69. The van der Waals surface area contributed by atoms with Crippen molar-refractivity contribution in [2.24, 2.45) is 0 Å². The molecule has 1 atom stereocenters. The number of fused-ring (bicyclic) bond motifs is 1. The van der Waals surface area contributed by atoms with Crippen LogP contribution in [0.5, 0.6) is 0 Å². The minimum absolute atomic E-state index is 0.00914. The summed E-state index contributed by atoms with van der Waals surface area (Å²) in [5.74, 6) is 0.00914. The van der Waals surface area contributed by atoms with Crippen LogP contribution in [-0.2, 0) is 4.79 Å². The summed E-state index contributed by atoms with van der Waals surface area (Å²) >= 11 is 13.3. The first kappa shape index (κ1) is 14.4. The van der Waals surface area contributed by atoms with Crippen molar-refractivity contribution in [2.75, 3.05) is 14.1 Å². The van der Waals surface area contributed by atoms with Crippen molar-refractivity contribution in [3.63, 3.8) is 0 Å². The SMILES string of the molecule is C[C@H](Sc1nnc2c(Cl)cc(Cl)cn12)C(=O)N(C)C. The molecule has 2 aromatic heterocycles. The van der Waals surface area contributed by atoms with Crippen LogP contribution in [0.4, 0.5) is 0 Å². The predicted octanol–water partition coefficient (Wildman–Crippen LogP) is 2.60. The highest BCUT2D eigenvalue weighted by atomic mass is 35.5. The van der Waals surface area contributed by atoms with Crippen LogP contribution >= 0.6 is 35.0 Å². The van der Waals surface area contributed by atoms with Crippen LogP contribution in [0, 0.1) is 0 Å². The van der Waals surface area contributed by atoms with Crippen LogP contribution in [0.2, 0.25) is 10.0 Å². The second-order valence-electron chi connectivity index (χ2n) is 4.18. The van der Waals surface area contributed by atoms with Crippen molar-refractivity contribution < 1.29 is 4.79 Å². The van der Waals surface area contributed by atoms with Gasteiger partial charge in [-0.25, -0.2) is 0 Å². The van der Waals surface area contributed by atoms with Gasteiger partial charge in [-0.2, -0.15) is 0 Å². The molecule has 2 rings (SSSR count). The number of thioether (sulfide) groups is 1. The van der Waals surface area contributed by atoms with E-state index in [1.54, 1.807) is 35.7 Å². The molecule has 102 valence electrons. The maximum atomic E-state index is 11.8. The Morgan fingerprint density at radius 2 is 2.11 bits per heavy atom. The number of carbonyl (C=O) groups is 1. The van der Waals surface area contributed by atoms with Gasteiger partial charge in [-0.1, -0.05) is 35.0 Å². The third-order valence-electron chi connectivity index (χ3n) is 2.47. The van der Waals surface area contributed by atoms with E-state index in [1.165, 1.54) is 11.8 Å². The maximum Gasteiger partial charge on any atom is 0.235 e. The second-order valence-corrected chi connectivity index (χ2v) is 6.33. The number of carbonyl (C=O) groups excluding carboxylic acids is 1. The highest BCUT2D eigenvalue weighted by Gasteiger charge is 2.20. The Labute approximate surface area is 124 Å². The summed E-state index contributed by atoms with van der Waals surface area (Å²) in [6, 6.07) is 1.61. The van der Waals surface area contributed by atoms with Gasteiger partial charge in [0.25, 0.3) is 0 Å². The number of pyridine rings is 1. The van der Waals surface area contributed by atoms with Gasteiger partial charge in [-0.05, 0) is 13.0 Å². The Hall–Kier alpha value is -0.980. The van der Waals surface area contributed by atoms with E-state index in [2.05, 4.69) is 10.2 Å². The number of amides is 1. The smallest absolute Gasteiger partial charge is 0.235 e. The third kappa shape index (κ3) is 2.96. The molecule has 8 heteroatoms. The van der Waals surface area contributed by atoms with E-state index < -0.39 is 0 Å². The van der Waals surface area contributed by atoms with Crippen LogP contribution in [0.3, 0.4) is 0 Å². The molecule has 0 bridgehead atoms. The quantitative estimate of drug-likeness (QED) is 0.816. The van der Waals surface area contributed by atoms with Crippen molar-refractivity contribution in [1.82, 2.24) is 19.5 Å². The van der Waals surface area contributed by atoms with Crippen LogP contribution in [0.25, 0.3) is 5.65 Å². The lowest BCUT2D eigenvalue weighted by molar-refractivity contribution is -0.127. The monoisotopic (exact) mass is 318 g/mol. The first-order chi connectivity index (χ1) is 8.90. The van der Waals surface area contributed by atoms with Gasteiger partial charge in [0.05, 0.1) is 15.3 Å². The summed E-state index contributed by atoms with van der Waals surface area (Å²) in [6.07, 6.45) is 1.68. The minimum atomic E-state index is -0.264. The molecule has 0 saturated carbocycles. The summed E-state index contributed by atoms with van der Waals surface area (Å²) in [7, 11) is 3.43. The van der Waals surface area contributed by atoms with Gasteiger partial charge in [0, 0.05) is 20.3 Å². The van der Waals surface area contributed by atoms with E-state index in [0.717, 1.165) is 0 Å². The average molecular weight is 319 g/mol. The molecular formula is C11H12Cl2N4OS. The lowest BCUT2D eigenvalue weighted by atomic mass is 10.4. The zero-order valence-electron chi connectivity index (χ0n) is 10.6. The first-order valence-electron chi connectivity index (χ1n) is 5.47. The van der Waals surface area contributed by atoms with E-state index in [9.17, 15) is 4.79 Å². The first-order valence-corrected chi connectivity index (χ1v) is 7.11. The topological polar surface area (TPSA) is 50.5 Å². The Balaban J connectivity index is 2.34. The van der Waals surface area contributed by atoms with Crippen LogP contribution < -0.4 is 0 Å². The fourth-order valence-electron chi connectivity index (χ4n) is 1.55. The van der Waals surface area contributed by atoms with E-state index in [0.29, 0.717) is 20.8 Å². The molecule has 0 unspecified atom stereocenters. The van der Waals surface area contributed by atoms with Gasteiger partial charge in [0.2, 0.25) is 5.91 Å². The number of nitrogens with zero attached hydrogens (tertiary/aromatic N) is 4. The summed E-state index contributed by atoms with van der Waals surface area (Å²) in [5.41, 5.74) is 0.526. The normalized spacial score (nSPS) is 12.7. The highest BCUT2D eigenvalue weighted by molar-refractivity contribution is 8.00. The molecule has 2 aromatic rings. The Morgan fingerprint density at radius 1 is 1.42 bits per heavy atom. The molecule has 0 fully saturated rings. The fraction of sp³-hybridized carbons (Fsp3) is 0.364. The largest absolute Gasteiger partial charge is 0.348 e. The number of rotatable bonds is 3. The molecule has 2 heterocycles. The summed E-state index contributed by atoms with van der Waals surface area (Å²) in [6.45, 7) is 1.82. The van der Waals surface area contributed by atoms with E-state index in [-0.39, 0.29) is 11.2 Å². The van der Waals surface area contributed by atoms with Crippen molar-refractivity contribution in [3.05, 3.63) is 22.3 Å². The number of halogens is 2. The zero-order chi connectivity index (χ0) is 14.2. The molecule has 5 nitrogen and oxygen atoms in total. The molecule has 0 aromatic carbocycles. The van der Waals surface area contributed by atoms with Crippen molar-refractivity contribution in [2.45, 2.75) is 17.3 Å². The van der Waals surface area contributed by atoms with E-state index in [4.69, 9.17) is 23.2 Å².